The summed E-state index contributed by atoms with van der Waals surface area (Å²) in [5.41, 5.74) is 3.14. The maximum Gasteiger partial charge on any atom is 0.340 e. The summed E-state index contributed by atoms with van der Waals surface area (Å²) in [6.07, 6.45) is 2.59. The Morgan fingerprint density at radius 2 is 2.15 bits per heavy atom. The summed E-state index contributed by atoms with van der Waals surface area (Å²) in [7, 11) is 0. The minimum atomic E-state index is -0.751. The fourth-order valence-electron chi connectivity index (χ4n) is 3.98. The molecular weight excluding hydrogens is 448 g/mol. The number of hydrogen-bond donors (Lipinski definition) is 0. The van der Waals surface area contributed by atoms with Crippen LogP contribution < -0.4 is 4.74 Å². The highest BCUT2D eigenvalue weighted by atomic mass is 35.5. The first kappa shape index (κ1) is 23.3. The molecule has 0 bridgehead atoms. The van der Waals surface area contributed by atoms with Gasteiger partial charge in [0.1, 0.15) is 12.7 Å². The SMILES string of the molecule is Cc1ncc2c(c1OC(=O)[C@@H]1CCCN1[N+]([O-])=NOCC(C)C)CO[C@H]2c1ccc(Cl)cc1. The lowest BCUT2D eigenvalue weighted by Gasteiger charge is -2.20. The smallest absolute Gasteiger partial charge is 0.340 e. The molecule has 0 N–H and O–H groups in total. The fourth-order valence-corrected chi connectivity index (χ4v) is 4.10. The number of aryl methyl sites for hydroxylation is 1. The second-order valence-electron chi connectivity index (χ2n) is 8.62. The highest BCUT2D eigenvalue weighted by molar-refractivity contribution is 6.30. The van der Waals surface area contributed by atoms with Crippen LogP contribution in [0.1, 0.15) is 55.2 Å². The van der Waals surface area contributed by atoms with Crippen molar-refractivity contribution in [1.29, 1.82) is 0 Å². The van der Waals surface area contributed by atoms with Gasteiger partial charge in [-0.3, -0.25) is 4.98 Å². The second-order valence-corrected chi connectivity index (χ2v) is 9.05. The Morgan fingerprint density at radius 1 is 1.39 bits per heavy atom. The van der Waals surface area contributed by atoms with E-state index >= 15 is 0 Å². The Hall–Kier alpha value is -2.91. The predicted molar refractivity (Wildman–Crippen MR) is 119 cm³/mol. The van der Waals surface area contributed by atoms with Crippen molar-refractivity contribution in [1.82, 2.24) is 9.99 Å². The molecule has 2 atom stereocenters. The maximum absolute atomic E-state index is 13.1. The molecule has 1 aromatic heterocycles. The van der Waals surface area contributed by atoms with Gasteiger partial charge in [-0.15, -0.1) is 5.01 Å². The Balaban J connectivity index is 1.52. The predicted octanol–water partition coefficient (Wildman–Crippen LogP) is 4.50. The van der Waals surface area contributed by atoms with Gasteiger partial charge in [0.25, 0.3) is 0 Å². The van der Waals surface area contributed by atoms with Gasteiger partial charge in [0, 0.05) is 22.3 Å². The summed E-state index contributed by atoms with van der Waals surface area (Å²) in [6.45, 7) is 6.68. The van der Waals surface area contributed by atoms with Crippen LogP contribution in [-0.2, 0) is 21.0 Å². The van der Waals surface area contributed by atoms with E-state index in [1.165, 1.54) is 5.01 Å². The summed E-state index contributed by atoms with van der Waals surface area (Å²) in [5.74, 6) is 0.0861. The van der Waals surface area contributed by atoms with Gasteiger partial charge in [0.15, 0.2) is 11.8 Å². The van der Waals surface area contributed by atoms with Crippen molar-refractivity contribution in [3.8, 4) is 5.75 Å². The van der Waals surface area contributed by atoms with Crippen LogP contribution in [0, 0.1) is 18.0 Å². The van der Waals surface area contributed by atoms with E-state index in [9.17, 15) is 10.0 Å². The van der Waals surface area contributed by atoms with Crippen LogP contribution in [-0.4, -0.2) is 40.1 Å². The van der Waals surface area contributed by atoms with Crippen LogP contribution in [0.25, 0.3) is 0 Å². The van der Waals surface area contributed by atoms with Crippen molar-refractivity contribution >= 4 is 17.6 Å². The van der Waals surface area contributed by atoms with E-state index in [0.29, 0.717) is 47.4 Å². The maximum atomic E-state index is 13.1. The first-order valence-corrected chi connectivity index (χ1v) is 11.4. The van der Waals surface area contributed by atoms with E-state index in [1.54, 1.807) is 25.3 Å². The van der Waals surface area contributed by atoms with E-state index in [-0.39, 0.29) is 18.6 Å². The zero-order chi connectivity index (χ0) is 23.5. The van der Waals surface area contributed by atoms with Crippen molar-refractivity contribution in [2.45, 2.75) is 52.4 Å². The topological polar surface area (TPSA) is 99.3 Å². The number of carbonyl (C=O) groups excluding carboxylic acids is 1. The summed E-state index contributed by atoms with van der Waals surface area (Å²) in [5, 5.41) is 17.9. The van der Waals surface area contributed by atoms with E-state index < -0.39 is 12.0 Å². The zero-order valence-corrected chi connectivity index (χ0v) is 19.6. The van der Waals surface area contributed by atoms with Gasteiger partial charge < -0.3 is 19.5 Å². The molecule has 0 amide bonds. The van der Waals surface area contributed by atoms with Crippen molar-refractivity contribution in [3.63, 3.8) is 0 Å². The second kappa shape index (κ2) is 9.93. The Bertz CT molecular complexity index is 1040. The Kier molecular flexibility index (Phi) is 6.99. The van der Waals surface area contributed by atoms with Crippen LogP contribution in [0.2, 0.25) is 5.02 Å². The molecular formula is C23H27ClN4O5. The van der Waals surface area contributed by atoms with Crippen LogP contribution in [0.4, 0.5) is 0 Å². The molecule has 0 unspecified atom stereocenters. The number of hydrogen-bond acceptors (Lipinski definition) is 7. The molecule has 9 nitrogen and oxygen atoms in total. The number of rotatable bonds is 7. The molecule has 1 saturated heterocycles. The first-order valence-electron chi connectivity index (χ1n) is 11.0. The minimum Gasteiger partial charge on any atom is -0.569 e. The largest absolute Gasteiger partial charge is 0.569 e. The number of benzene rings is 1. The molecule has 0 radical (unpaired) electrons. The summed E-state index contributed by atoms with van der Waals surface area (Å²) < 4.78 is 11.8. The summed E-state index contributed by atoms with van der Waals surface area (Å²) >= 11 is 6.00. The van der Waals surface area contributed by atoms with Crippen LogP contribution in [0.5, 0.6) is 5.75 Å². The molecule has 0 spiro atoms. The number of aromatic nitrogens is 1. The molecule has 2 aromatic rings. The Morgan fingerprint density at radius 3 is 2.88 bits per heavy atom. The number of halogens is 1. The van der Waals surface area contributed by atoms with E-state index in [4.69, 9.17) is 25.9 Å². The van der Waals surface area contributed by atoms with Gasteiger partial charge in [0.05, 0.1) is 23.8 Å². The first-order chi connectivity index (χ1) is 15.8. The van der Waals surface area contributed by atoms with E-state index in [1.807, 2.05) is 26.0 Å². The number of pyridine rings is 1. The lowest BCUT2D eigenvalue weighted by molar-refractivity contribution is -0.712. The van der Waals surface area contributed by atoms with Gasteiger partial charge in [-0.05, 0) is 43.4 Å². The average molecular weight is 475 g/mol. The third-order valence-electron chi connectivity index (χ3n) is 5.65. The minimum absolute atomic E-state index is 0.232. The molecule has 33 heavy (non-hydrogen) atoms. The van der Waals surface area contributed by atoms with E-state index in [2.05, 4.69) is 10.3 Å². The standard InChI is InChI=1S/C23H27ClN4O5/c1-14(2)12-32-26-28(30)27-10-4-5-20(27)23(29)33-21-15(3)25-11-18-19(21)13-31-22(18)16-6-8-17(24)9-7-16/h6-9,11,14,20,22H,4-5,10,12-13H2,1-3H3/t20-,22-/m0/s1. The molecule has 0 saturated carbocycles. The third kappa shape index (κ3) is 5.04. The number of esters is 1. The average Bonchev–Trinajstić information content (AvgIpc) is 3.43. The monoisotopic (exact) mass is 474 g/mol. The Labute approximate surface area is 197 Å². The molecule has 4 rings (SSSR count). The number of fused-ring (bicyclic) bond motifs is 1. The summed E-state index contributed by atoms with van der Waals surface area (Å²) in [6, 6.07) is 6.66. The lowest BCUT2D eigenvalue weighted by Crippen LogP contribution is -2.42. The number of carbonyl (C=O) groups is 1. The molecule has 2 aliphatic heterocycles. The van der Waals surface area contributed by atoms with Crippen LogP contribution >= 0.6 is 11.6 Å². The quantitative estimate of drug-likeness (QED) is 0.252. The molecule has 3 heterocycles. The van der Waals surface area contributed by atoms with Crippen LogP contribution in [0.3, 0.4) is 0 Å². The van der Waals surface area contributed by atoms with Gasteiger partial charge in [0.2, 0.25) is 5.28 Å². The lowest BCUT2D eigenvalue weighted by atomic mass is 10.0. The normalized spacial score (nSPS) is 20.3. The molecule has 0 aliphatic carbocycles. The summed E-state index contributed by atoms with van der Waals surface area (Å²) in [4.78, 5) is 22.9. The van der Waals surface area contributed by atoms with Crippen molar-refractivity contribution < 1.29 is 24.1 Å². The highest BCUT2D eigenvalue weighted by Gasteiger charge is 2.40. The number of hydrazine groups is 1. The van der Waals surface area contributed by atoms with Gasteiger partial charge in [-0.25, -0.2) is 4.79 Å². The fraction of sp³-hybridized carbons (Fsp3) is 0.478. The van der Waals surface area contributed by atoms with Crippen LogP contribution in [0.15, 0.2) is 35.7 Å². The molecule has 1 aromatic carbocycles. The van der Waals surface area contributed by atoms with Crippen molar-refractivity contribution in [3.05, 3.63) is 63.1 Å². The van der Waals surface area contributed by atoms with E-state index in [0.717, 1.165) is 16.7 Å². The zero-order valence-electron chi connectivity index (χ0n) is 18.9. The third-order valence-corrected chi connectivity index (χ3v) is 5.90. The molecule has 2 aliphatic rings. The van der Waals surface area contributed by atoms with Gasteiger partial charge >= 0.3 is 5.97 Å². The highest BCUT2D eigenvalue weighted by Crippen LogP contribution is 2.41. The number of nitrogens with zero attached hydrogens (tertiary/aromatic N) is 4. The molecule has 176 valence electrons. The molecule has 1 fully saturated rings. The van der Waals surface area contributed by atoms with Crippen molar-refractivity contribution in [2.75, 3.05) is 13.2 Å². The molecule has 10 heteroatoms. The van der Waals surface area contributed by atoms with Gasteiger partial charge in [-0.2, -0.15) is 0 Å². The number of ether oxygens (including phenoxy) is 2. The van der Waals surface area contributed by atoms with Crippen molar-refractivity contribution in [2.24, 2.45) is 11.2 Å². The van der Waals surface area contributed by atoms with Gasteiger partial charge in [-0.1, -0.05) is 37.6 Å².